The third-order valence-corrected chi connectivity index (χ3v) is 4.72. The number of rotatable bonds is 1. The van der Waals surface area contributed by atoms with Gasteiger partial charge in [-0.15, -0.1) is 0 Å². The molecule has 0 saturated heterocycles. The molecule has 0 bridgehead atoms. The molecule has 0 atom stereocenters. The lowest BCUT2D eigenvalue weighted by Gasteiger charge is -2.28. The molecule has 2 aliphatic heterocycles. The lowest BCUT2D eigenvalue weighted by molar-refractivity contribution is 0.257. The van der Waals surface area contributed by atoms with Gasteiger partial charge in [-0.1, -0.05) is 30.4 Å². The fraction of sp³-hybridized carbons (Fsp3) is 0.0476. The lowest BCUT2D eigenvalue weighted by Crippen LogP contribution is -2.36. The monoisotopic (exact) mass is 343 g/mol. The number of halogens is 1. The number of hydrogen-bond acceptors (Lipinski definition) is 2. The van der Waals surface area contributed by atoms with Gasteiger partial charge in [0.25, 0.3) is 0 Å². The molecule has 0 fully saturated rings. The second-order valence-corrected chi connectivity index (χ2v) is 6.31. The van der Waals surface area contributed by atoms with Gasteiger partial charge in [-0.3, -0.25) is 9.89 Å². The van der Waals surface area contributed by atoms with Crippen LogP contribution >= 0.6 is 0 Å². The SMILES string of the molecule is O=C(Nc1cccc(F)c1)N1CC=Cc2c1cc1c3c(cccc23)N=C1. The van der Waals surface area contributed by atoms with Gasteiger partial charge in [-0.05, 0) is 35.7 Å². The molecule has 5 heteroatoms. The summed E-state index contributed by atoms with van der Waals surface area (Å²) in [7, 11) is 0. The van der Waals surface area contributed by atoms with Crippen molar-refractivity contribution in [2.75, 3.05) is 16.8 Å². The molecule has 4 nitrogen and oxygen atoms in total. The van der Waals surface area contributed by atoms with Crippen molar-refractivity contribution in [2.45, 2.75) is 0 Å². The normalized spacial score (nSPS) is 14.0. The molecule has 2 aliphatic rings. The Kier molecular flexibility index (Phi) is 3.15. The first-order valence-electron chi connectivity index (χ1n) is 8.35. The van der Waals surface area contributed by atoms with Crippen molar-refractivity contribution in [2.24, 2.45) is 4.99 Å². The van der Waals surface area contributed by atoms with Crippen molar-refractivity contribution >= 4 is 46.2 Å². The zero-order valence-electron chi connectivity index (χ0n) is 13.7. The number of nitrogens with one attached hydrogen (secondary N) is 1. The van der Waals surface area contributed by atoms with Crippen LogP contribution in [0.5, 0.6) is 0 Å². The highest BCUT2D eigenvalue weighted by Gasteiger charge is 2.24. The maximum Gasteiger partial charge on any atom is 0.326 e. The number of nitrogens with zero attached hydrogens (tertiary/aromatic N) is 2. The van der Waals surface area contributed by atoms with E-state index in [1.807, 2.05) is 42.6 Å². The molecule has 0 aliphatic carbocycles. The van der Waals surface area contributed by atoms with E-state index in [4.69, 9.17) is 0 Å². The summed E-state index contributed by atoms with van der Waals surface area (Å²) in [6.07, 6.45) is 5.83. The number of aliphatic imine (C=N–C) groups is 1. The predicted octanol–water partition coefficient (Wildman–Crippen LogP) is 5.11. The van der Waals surface area contributed by atoms with E-state index >= 15 is 0 Å². The quantitative estimate of drug-likeness (QED) is 0.513. The second-order valence-electron chi connectivity index (χ2n) is 6.31. The van der Waals surface area contributed by atoms with Crippen molar-refractivity contribution in [3.05, 3.63) is 71.6 Å². The van der Waals surface area contributed by atoms with Crippen LogP contribution in [0.15, 0.2) is 59.6 Å². The topological polar surface area (TPSA) is 44.7 Å². The summed E-state index contributed by atoms with van der Waals surface area (Å²) in [6, 6.07) is 13.6. The summed E-state index contributed by atoms with van der Waals surface area (Å²) in [6.45, 7) is 0.454. The van der Waals surface area contributed by atoms with Gasteiger partial charge in [-0.25, -0.2) is 9.18 Å². The maximum absolute atomic E-state index is 13.4. The van der Waals surface area contributed by atoms with Crippen LogP contribution in [0.3, 0.4) is 0 Å². The van der Waals surface area contributed by atoms with E-state index in [1.54, 1.807) is 17.0 Å². The van der Waals surface area contributed by atoms with E-state index in [1.165, 1.54) is 12.1 Å². The molecule has 3 aromatic carbocycles. The second kappa shape index (κ2) is 5.52. The first-order chi connectivity index (χ1) is 12.7. The zero-order chi connectivity index (χ0) is 17.7. The molecule has 2 heterocycles. The number of carbonyl (C=O) groups is 1. The highest BCUT2D eigenvalue weighted by atomic mass is 19.1. The Labute approximate surface area is 149 Å². The molecule has 0 aromatic heterocycles. The molecule has 0 radical (unpaired) electrons. The fourth-order valence-electron chi connectivity index (χ4n) is 3.57. The number of anilines is 2. The van der Waals surface area contributed by atoms with Crippen molar-refractivity contribution < 1.29 is 9.18 Å². The lowest BCUT2D eigenvalue weighted by atomic mass is 9.95. The summed E-state index contributed by atoms with van der Waals surface area (Å²) in [4.78, 5) is 18.9. The summed E-state index contributed by atoms with van der Waals surface area (Å²) in [5, 5.41) is 4.96. The molecule has 126 valence electrons. The predicted molar refractivity (Wildman–Crippen MR) is 103 cm³/mol. The fourth-order valence-corrected chi connectivity index (χ4v) is 3.57. The molecule has 0 unspecified atom stereocenters. The van der Waals surface area contributed by atoms with Gasteiger partial charge in [0, 0.05) is 35.0 Å². The van der Waals surface area contributed by atoms with Crippen LogP contribution < -0.4 is 10.2 Å². The molecule has 2 amide bonds. The number of carbonyl (C=O) groups excluding carboxylic acids is 1. The molecule has 3 aromatic rings. The third-order valence-electron chi connectivity index (χ3n) is 4.72. The van der Waals surface area contributed by atoms with Gasteiger partial charge in [0.1, 0.15) is 5.82 Å². The first-order valence-corrected chi connectivity index (χ1v) is 8.35. The summed E-state index contributed by atoms with van der Waals surface area (Å²) in [5.41, 5.74) is 4.22. The molecular formula is C21H14FN3O. The van der Waals surface area contributed by atoms with Gasteiger partial charge in [0.2, 0.25) is 0 Å². The minimum atomic E-state index is -0.385. The summed E-state index contributed by atoms with van der Waals surface area (Å²) in [5.74, 6) is -0.385. The maximum atomic E-state index is 13.4. The molecule has 0 saturated carbocycles. The van der Waals surface area contributed by atoms with Crippen molar-refractivity contribution in [3.63, 3.8) is 0 Å². The van der Waals surface area contributed by atoms with Crippen LogP contribution in [-0.2, 0) is 0 Å². The van der Waals surface area contributed by atoms with E-state index in [9.17, 15) is 9.18 Å². The Morgan fingerprint density at radius 1 is 1.15 bits per heavy atom. The summed E-state index contributed by atoms with van der Waals surface area (Å²) < 4.78 is 13.4. The Balaban J connectivity index is 1.58. The van der Waals surface area contributed by atoms with Gasteiger partial charge in [0.15, 0.2) is 0 Å². The third kappa shape index (κ3) is 2.21. The zero-order valence-corrected chi connectivity index (χ0v) is 13.7. The Bertz CT molecular complexity index is 1130. The van der Waals surface area contributed by atoms with Crippen molar-refractivity contribution in [3.8, 4) is 0 Å². The minimum Gasteiger partial charge on any atom is -0.307 e. The Morgan fingerprint density at radius 2 is 2.04 bits per heavy atom. The molecular weight excluding hydrogens is 329 g/mol. The van der Waals surface area contributed by atoms with E-state index in [2.05, 4.69) is 10.3 Å². The number of hydrogen-bond donors (Lipinski definition) is 1. The smallest absolute Gasteiger partial charge is 0.307 e. The number of benzene rings is 3. The van der Waals surface area contributed by atoms with Crippen molar-refractivity contribution in [1.29, 1.82) is 0 Å². The van der Waals surface area contributed by atoms with Gasteiger partial charge in [0.05, 0.1) is 11.4 Å². The van der Waals surface area contributed by atoms with Crippen LogP contribution in [0.4, 0.5) is 26.2 Å². The highest BCUT2D eigenvalue weighted by molar-refractivity contribution is 6.17. The van der Waals surface area contributed by atoms with E-state index in [-0.39, 0.29) is 11.8 Å². The standard InChI is InChI=1S/C21H14FN3O/c22-14-4-1-5-15(11-14)24-21(26)25-9-3-7-16-17-6-2-8-18-20(17)13(12-23-18)10-19(16)25/h1-8,10-12H,9H2,(H,24,26). The number of urea groups is 1. The van der Waals surface area contributed by atoms with Crippen LogP contribution in [-0.4, -0.2) is 18.8 Å². The molecule has 26 heavy (non-hydrogen) atoms. The largest absolute Gasteiger partial charge is 0.326 e. The highest BCUT2D eigenvalue weighted by Crippen LogP contribution is 2.41. The average molecular weight is 343 g/mol. The molecule has 1 N–H and O–H groups in total. The number of amides is 2. The van der Waals surface area contributed by atoms with E-state index in [0.29, 0.717) is 12.2 Å². The Hall–Kier alpha value is -3.47. The van der Waals surface area contributed by atoms with Gasteiger partial charge >= 0.3 is 6.03 Å². The van der Waals surface area contributed by atoms with Crippen molar-refractivity contribution in [1.82, 2.24) is 0 Å². The van der Waals surface area contributed by atoms with Crippen LogP contribution in [0.2, 0.25) is 0 Å². The van der Waals surface area contributed by atoms with Crippen LogP contribution in [0.25, 0.3) is 16.8 Å². The minimum absolute atomic E-state index is 0.293. The average Bonchev–Trinajstić information content (AvgIpc) is 3.06. The van der Waals surface area contributed by atoms with Gasteiger partial charge < -0.3 is 5.32 Å². The van der Waals surface area contributed by atoms with E-state index in [0.717, 1.165) is 33.3 Å². The molecule has 5 rings (SSSR count). The summed E-state index contributed by atoms with van der Waals surface area (Å²) >= 11 is 0. The van der Waals surface area contributed by atoms with E-state index < -0.39 is 0 Å². The Morgan fingerprint density at radius 3 is 2.92 bits per heavy atom. The molecule has 0 spiro atoms. The van der Waals surface area contributed by atoms with Gasteiger partial charge in [-0.2, -0.15) is 0 Å². The van der Waals surface area contributed by atoms with Crippen LogP contribution in [0, 0.1) is 5.82 Å². The number of fused-ring (bicyclic) bond motifs is 2. The first kappa shape index (κ1) is 14.8. The van der Waals surface area contributed by atoms with Crippen LogP contribution in [0.1, 0.15) is 11.1 Å².